The zero-order chi connectivity index (χ0) is 18.5. The molecule has 5 heteroatoms. The summed E-state index contributed by atoms with van der Waals surface area (Å²) in [6, 6.07) is 14.1. The van der Waals surface area contributed by atoms with Gasteiger partial charge in [-0.25, -0.2) is 0 Å². The number of anilines is 1. The van der Waals surface area contributed by atoms with Gasteiger partial charge in [0.05, 0.1) is 12.8 Å². The van der Waals surface area contributed by atoms with Crippen LogP contribution in [-0.4, -0.2) is 36.9 Å². The molecule has 0 saturated carbocycles. The molecule has 2 amide bonds. The second-order valence-corrected chi connectivity index (χ2v) is 6.71. The monoisotopic (exact) mass is 352 g/mol. The summed E-state index contributed by atoms with van der Waals surface area (Å²) in [5.74, 6) is 0.979. The predicted molar refractivity (Wildman–Crippen MR) is 102 cm³/mol. The van der Waals surface area contributed by atoms with Crippen LogP contribution in [0.15, 0.2) is 48.5 Å². The van der Waals surface area contributed by atoms with E-state index in [2.05, 4.69) is 12.2 Å². The molecule has 1 aliphatic rings. The number of hydrogen-bond acceptors (Lipinski definition) is 3. The largest absolute Gasteiger partial charge is 0.495 e. The van der Waals surface area contributed by atoms with Crippen molar-refractivity contribution in [2.75, 3.05) is 25.5 Å². The highest BCUT2D eigenvalue weighted by Gasteiger charge is 2.22. The summed E-state index contributed by atoms with van der Waals surface area (Å²) in [5, 5.41) is 2.84. The summed E-state index contributed by atoms with van der Waals surface area (Å²) in [6.07, 6.45) is 2.05. The molecule has 0 bridgehead atoms. The lowest BCUT2D eigenvalue weighted by Crippen LogP contribution is -2.38. The highest BCUT2D eigenvalue weighted by molar-refractivity contribution is 6.06. The van der Waals surface area contributed by atoms with Crippen molar-refractivity contribution in [2.45, 2.75) is 19.8 Å². The Bertz CT molecular complexity index is 795. The van der Waals surface area contributed by atoms with E-state index in [0.29, 0.717) is 28.5 Å². The molecule has 2 aromatic rings. The molecule has 136 valence electrons. The average Bonchev–Trinajstić information content (AvgIpc) is 2.68. The maximum Gasteiger partial charge on any atom is 0.255 e. The highest BCUT2D eigenvalue weighted by Crippen LogP contribution is 2.24. The van der Waals surface area contributed by atoms with E-state index in [0.717, 1.165) is 25.9 Å². The van der Waals surface area contributed by atoms with Gasteiger partial charge < -0.3 is 15.0 Å². The summed E-state index contributed by atoms with van der Waals surface area (Å²) in [4.78, 5) is 27.2. The van der Waals surface area contributed by atoms with Gasteiger partial charge in [0, 0.05) is 24.2 Å². The quantitative estimate of drug-likeness (QED) is 0.910. The molecular formula is C21H24N2O3. The third-order valence-electron chi connectivity index (χ3n) is 4.80. The number of piperidine rings is 1. The summed E-state index contributed by atoms with van der Waals surface area (Å²) >= 11 is 0. The van der Waals surface area contributed by atoms with Gasteiger partial charge in [-0.3, -0.25) is 9.59 Å². The summed E-state index contributed by atoms with van der Waals surface area (Å²) < 4.78 is 5.26. The zero-order valence-corrected chi connectivity index (χ0v) is 15.2. The summed E-state index contributed by atoms with van der Waals surface area (Å²) in [6.45, 7) is 3.76. The average molecular weight is 352 g/mol. The Kier molecular flexibility index (Phi) is 5.56. The van der Waals surface area contributed by atoms with Crippen molar-refractivity contribution in [3.8, 4) is 5.75 Å². The molecule has 0 radical (unpaired) electrons. The Morgan fingerprint density at radius 2 is 1.73 bits per heavy atom. The number of carbonyl (C=O) groups is 2. The fourth-order valence-corrected chi connectivity index (χ4v) is 3.13. The van der Waals surface area contributed by atoms with Gasteiger partial charge >= 0.3 is 0 Å². The first kappa shape index (κ1) is 18.0. The lowest BCUT2D eigenvalue weighted by atomic mass is 9.98. The van der Waals surface area contributed by atoms with Crippen LogP contribution in [0.25, 0.3) is 0 Å². The molecule has 1 saturated heterocycles. The number of methoxy groups -OCH3 is 1. The maximum atomic E-state index is 12.7. The topological polar surface area (TPSA) is 58.6 Å². The Balaban J connectivity index is 1.74. The van der Waals surface area contributed by atoms with E-state index in [4.69, 9.17) is 4.74 Å². The molecule has 3 rings (SSSR count). The number of nitrogens with one attached hydrogen (secondary N) is 1. The molecule has 0 atom stereocenters. The van der Waals surface area contributed by atoms with Crippen LogP contribution in [0.4, 0.5) is 5.69 Å². The SMILES string of the molecule is COc1ccccc1NC(=O)c1cccc(C(=O)N2CCC(C)CC2)c1. The van der Waals surface area contributed by atoms with Crippen LogP contribution in [-0.2, 0) is 0 Å². The molecule has 1 N–H and O–H groups in total. The second kappa shape index (κ2) is 8.04. The number of hydrogen-bond donors (Lipinski definition) is 1. The van der Waals surface area contributed by atoms with Gasteiger partial charge in [0.25, 0.3) is 11.8 Å². The van der Waals surface area contributed by atoms with E-state index in [1.54, 1.807) is 43.5 Å². The van der Waals surface area contributed by atoms with Crippen LogP contribution in [0, 0.1) is 5.92 Å². The minimum absolute atomic E-state index is 0.0103. The molecule has 0 aromatic heterocycles. The van der Waals surface area contributed by atoms with Crippen LogP contribution in [0.1, 0.15) is 40.5 Å². The molecular weight excluding hydrogens is 328 g/mol. The lowest BCUT2D eigenvalue weighted by molar-refractivity contribution is 0.0697. The van der Waals surface area contributed by atoms with E-state index in [-0.39, 0.29) is 11.8 Å². The minimum Gasteiger partial charge on any atom is -0.495 e. The van der Waals surface area contributed by atoms with Crippen molar-refractivity contribution in [1.29, 1.82) is 0 Å². The standard InChI is InChI=1S/C21H24N2O3/c1-15-10-12-23(13-11-15)21(25)17-7-5-6-16(14-17)20(24)22-18-8-3-4-9-19(18)26-2/h3-9,14-15H,10-13H2,1-2H3,(H,22,24). The Labute approximate surface area is 154 Å². The molecule has 5 nitrogen and oxygen atoms in total. The number of para-hydroxylation sites is 2. The minimum atomic E-state index is -0.267. The highest BCUT2D eigenvalue weighted by atomic mass is 16.5. The first-order valence-corrected chi connectivity index (χ1v) is 8.92. The van der Waals surface area contributed by atoms with Crippen LogP contribution in [0.2, 0.25) is 0 Å². The first-order chi connectivity index (χ1) is 12.6. The van der Waals surface area contributed by atoms with Crippen molar-refractivity contribution < 1.29 is 14.3 Å². The summed E-state index contributed by atoms with van der Waals surface area (Å²) in [5.41, 5.74) is 1.60. The number of likely N-dealkylation sites (tertiary alicyclic amines) is 1. The fourth-order valence-electron chi connectivity index (χ4n) is 3.13. The Hall–Kier alpha value is -2.82. The maximum absolute atomic E-state index is 12.7. The Morgan fingerprint density at radius 3 is 2.46 bits per heavy atom. The van der Waals surface area contributed by atoms with Gasteiger partial charge in [-0.1, -0.05) is 25.1 Å². The van der Waals surface area contributed by atoms with Gasteiger partial charge in [-0.05, 0) is 49.1 Å². The summed E-state index contributed by atoms with van der Waals surface area (Å²) in [7, 11) is 1.56. The van der Waals surface area contributed by atoms with E-state index >= 15 is 0 Å². The van der Waals surface area contributed by atoms with Crippen molar-refractivity contribution >= 4 is 17.5 Å². The van der Waals surface area contributed by atoms with Gasteiger partial charge in [0.1, 0.15) is 5.75 Å². The van der Waals surface area contributed by atoms with E-state index in [9.17, 15) is 9.59 Å². The molecule has 0 spiro atoms. The molecule has 1 heterocycles. The normalized spacial score (nSPS) is 14.8. The number of amides is 2. The number of carbonyl (C=O) groups excluding carboxylic acids is 2. The molecule has 1 fully saturated rings. The number of nitrogens with zero attached hydrogens (tertiary/aromatic N) is 1. The molecule has 0 aliphatic carbocycles. The van der Waals surface area contributed by atoms with Crippen LogP contribution in [0.5, 0.6) is 5.75 Å². The van der Waals surface area contributed by atoms with Crippen LogP contribution >= 0.6 is 0 Å². The third kappa shape index (κ3) is 4.04. The van der Waals surface area contributed by atoms with Gasteiger partial charge in [0.15, 0.2) is 0 Å². The van der Waals surface area contributed by atoms with Crippen molar-refractivity contribution in [1.82, 2.24) is 4.90 Å². The zero-order valence-electron chi connectivity index (χ0n) is 15.2. The van der Waals surface area contributed by atoms with Gasteiger partial charge in [-0.15, -0.1) is 0 Å². The van der Waals surface area contributed by atoms with Gasteiger partial charge in [-0.2, -0.15) is 0 Å². The van der Waals surface area contributed by atoms with Crippen LogP contribution in [0.3, 0.4) is 0 Å². The predicted octanol–water partition coefficient (Wildman–Crippen LogP) is 3.82. The van der Waals surface area contributed by atoms with Crippen molar-refractivity contribution in [3.63, 3.8) is 0 Å². The van der Waals surface area contributed by atoms with Crippen molar-refractivity contribution in [2.24, 2.45) is 5.92 Å². The first-order valence-electron chi connectivity index (χ1n) is 8.92. The molecule has 1 aliphatic heterocycles. The number of benzene rings is 2. The lowest BCUT2D eigenvalue weighted by Gasteiger charge is -2.30. The second-order valence-electron chi connectivity index (χ2n) is 6.71. The number of ether oxygens (including phenoxy) is 1. The van der Waals surface area contributed by atoms with E-state index < -0.39 is 0 Å². The molecule has 2 aromatic carbocycles. The Morgan fingerprint density at radius 1 is 1.04 bits per heavy atom. The molecule has 26 heavy (non-hydrogen) atoms. The smallest absolute Gasteiger partial charge is 0.255 e. The van der Waals surface area contributed by atoms with E-state index in [1.165, 1.54) is 0 Å². The van der Waals surface area contributed by atoms with Crippen LogP contribution < -0.4 is 10.1 Å². The third-order valence-corrected chi connectivity index (χ3v) is 4.80. The number of rotatable bonds is 4. The molecule has 0 unspecified atom stereocenters. The fraction of sp³-hybridized carbons (Fsp3) is 0.333. The van der Waals surface area contributed by atoms with Crippen molar-refractivity contribution in [3.05, 3.63) is 59.7 Å². The van der Waals surface area contributed by atoms with Gasteiger partial charge in [0.2, 0.25) is 0 Å². The van der Waals surface area contributed by atoms with E-state index in [1.807, 2.05) is 17.0 Å².